The largest absolute Gasteiger partial charge is 0.359 e. The molecule has 0 saturated heterocycles. The highest BCUT2D eigenvalue weighted by molar-refractivity contribution is 7.80. The summed E-state index contributed by atoms with van der Waals surface area (Å²) in [6.07, 6.45) is 0. The third-order valence-electron chi connectivity index (χ3n) is 1.62. The smallest absolute Gasteiger partial charge is 0.187 e. The van der Waals surface area contributed by atoms with E-state index in [1.807, 2.05) is 38.3 Å². The van der Waals surface area contributed by atoms with Crippen molar-refractivity contribution in [1.82, 2.24) is 10.7 Å². The van der Waals surface area contributed by atoms with Gasteiger partial charge in [-0.2, -0.15) is 5.10 Å². The van der Waals surface area contributed by atoms with Crippen LogP contribution in [-0.4, -0.2) is 16.9 Å². The molecule has 0 atom stereocenters. The van der Waals surface area contributed by atoms with Gasteiger partial charge in [-0.1, -0.05) is 6.07 Å². The number of rotatable bonds is 3. The molecule has 1 heterocycles. The van der Waals surface area contributed by atoms with Gasteiger partial charge in [0.2, 0.25) is 0 Å². The second-order valence-corrected chi connectivity index (χ2v) is 4.77. The van der Waals surface area contributed by atoms with Crippen molar-refractivity contribution in [2.75, 3.05) is 0 Å². The topological polar surface area (TPSA) is 36.4 Å². The zero-order valence-corrected chi connectivity index (χ0v) is 10.7. The molecule has 3 nitrogen and oxygen atoms in total. The van der Waals surface area contributed by atoms with E-state index in [0.29, 0.717) is 11.2 Å². The van der Waals surface area contributed by atoms with Gasteiger partial charge in [-0.3, -0.25) is 5.43 Å². The zero-order chi connectivity index (χ0) is 11.3. The molecule has 1 rings (SSSR count). The molecule has 0 saturated carbocycles. The minimum Gasteiger partial charge on any atom is -0.359 e. The van der Waals surface area contributed by atoms with E-state index in [-0.39, 0.29) is 0 Å². The average Bonchev–Trinajstić information content (AvgIpc) is 2.65. The highest BCUT2D eigenvalue weighted by atomic mass is 32.1. The van der Waals surface area contributed by atoms with E-state index in [2.05, 4.69) is 15.8 Å². The highest BCUT2D eigenvalue weighted by Crippen LogP contribution is 2.08. The number of hydrazone groups is 1. The van der Waals surface area contributed by atoms with Gasteiger partial charge in [0.15, 0.2) is 5.11 Å². The van der Waals surface area contributed by atoms with Gasteiger partial charge in [-0.25, -0.2) is 0 Å². The molecule has 1 aromatic heterocycles. The van der Waals surface area contributed by atoms with Crippen LogP contribution < -0.4 is 10.7 Å². The summed E-state index contributed by atoms with van der Waals surface area (Å²) >= 11 is 6.71. The molecular weight excluding hydrogens is 226 g/mol. The minimum atomic E-state index is 0.322. The summed E-state index contributed by atoms with van der Waals surface area (Å²) in [5.74, 6) is 0. The fourth-order valence-electron chi connectivity index (χ4n) is 0.969. The maximum Gasteiger partial charge on any atom is 0.187 e. The normalized spacial score (nSPS) is 11.6. The summed E-state index contributed by atoms with van der Waals surface area (Å²) in [6.45, 7) is 6.02. The van der Waals surface area contributed by atoms with Gasteiger partial charge in [-0.15, -0.1) is 11.3 Å². The Morgan fingerprint density at radius 2 is 2.27 bits per heavy atom. The molecule has 0 amide bonds. The van der Waals surface area contributed by atoms with Crippen LogP contribution in [0, 0.1) is 0 Å². The van der Waals surface area contributed by atoms with E-state index in [4.69, 9.17) is 12.2 Å². The van der Waals surface area contributed by atoms with Gasteiger partial charge >= 0.3 is 0 Å². The lowest BCUT2D eigenvalue weighted by Gasteiger charge is -2.10. The fourth-order valence-corrected chi connectivity index (χ4v) is 1.93. The molecule has 0 aliphatic carbocycles. The Bertz CT molecular complexity index is 342. The summed E-state index contributed by atoms with van der Waals surface area (Å²) in [6, 6.07) is 4.36. The average molecular weight is 241 g/mol. The summed E-state index contributed by atoms with van der Waals surface area (Å²) in [5.41, 5.74) is 3.76. The molecule has 0 unspecified atom stereocenters. The molecule has 82 valence electrons. The Labute approximate surface area is 99.6 Å². The van der Waals surface area contributed by atoms with Crippen LogP contribution in [0.1, 0.15) is 25.6 Å². The Balaban J connectivity index is 2.48. The molecule has 0 aliphatic heterocycles. The van der Waals surface area contributed by atoms with Crippen LogP contribution in [0.2, 0.25) is 0 Å². The van der Waals surface area contributed by atoms with Crippen molar-refractivity contribution in [3.05, 3.63) is 22.4 Å². The van der Waals surface area contributed by atoms with Gasteiger partial charge in [-0.05, 0) is 44.4 Å². The Morgan fingerprint density at radius 1 is 1.53 bits per heavy atom. The van der Waals surface area contributed by atoms with Crippen molar-refractivity contribution in [2.45, 2.75) is 26.8 Å². The molecule has 0 radical (unpaired) electrons. The third kappa shape index (κ3) is 4.40. The molecule has 2 N–H and O–H groups in total. The number of nitrogens with one attached hydrogen (secondary N) is 2. The molecular formula is C10H15N3S2. The molecule has 0 spiro atoms. The lowest BCUT2D eigenvalue weighted by atomic mass is 10.3. The summed E-state index contributed by atoms with van der Waals surface area (Å²) in [4.78, 5) is 1.15. The first kappa shape index (κ1) is 12.1. The van der Waals surface area contributed by atoms with Crippen LogP contribution in [0.3, 0.4) is 0 Å². The number of thiocarbonyl (C=S) groups is 1. The Hall–Kier alpha value is -0.940. The van der Waals surface area contributed by atoms with Gasteiger partial charge < -0.3 is 5.32 Å². The summed E-state index contributed by atoms with van der Waals surface area (Å²) < 4.78 is 0. The van der Waals surface area contributed by atoms with Gasteiger partial charge in [0.25, 0.3) is 0 Å². The molecule has 0 fully saturated rings. The van der Waals surface area contributed by atoms with Crippen LogP contribution in [0.25, 0.3) is 0 Å². The van der Waals surface area contributed by atoms with Crippen molar-refractivity contribution >= 4 is 34.4 Å². The third-order valence-corrected chi connectivity index (χ3v) is 2.81. The number of hydrogen-bond acceptors (Lipinski definition) is 3. The molecule has 15 heavy (non-hydrogen) atoms. The number of nitrogens with zero attached hydrogens (tertiary/aromatic N) is 1. The Morgan fingerprint density at radius 3 is 2.80 bits per heavy atom. The lowest BCUT2D eigenvalue weighted by Crippen LogP contribution is -2.37. The van der Waals surface area contributed by atoms with Crippen molar-refractivity contribution in [2.24, 2.45) is 5.10 Å². The predicted octanol–water partition coefficient (Wildman–Crippen LogP) is 2.34. The summed E-state index contributed by atoms with van der Waals surface area (Å²) in [7, 11) is 0. The molecule has 0 bridgehead atoms. The quantitative estimate of drug-likeness (QED) is 0.484. The van der Waals surface area contributed by atoms with E-state index in [9.17, 15) is 0 Å². The second kappa shape index (κ2) is 5.82. The Kier molecular flexibility index (Phi) is 4.71. The van der Waals surface area contributed by atoms with Crippen molar-refractivity contribution in [1.29, 1.82) is 0 Å². The maximum absolute atomic E-state index is 5.05. The van der Waals surface area contributed by atoms with Crippen molar-refractivity contribution in [3.8, 4) is 0 Å². The zero-order valence-electron chi connectivity index (χ0n) is 9.07. The van der Waals surface area contributed by atoms with E-state index >= 15 is 0 Å². The van der Waals surface area contributed by atoms with Gasteiger partial charge in [0.05, 0.1) is 5.71 Å². The van der Waals surface area contributed by atoms with E-state index in [0.717, 1.165) is 10.6 Å². The van der Waals surface area contributed by atoms with Crippen LogP contribution in [0.4, 0.5) is 0 Å². The maximum atomic E-state index is 5.05. The first-order chi connectivity index (χ1) is 7.09. The van der Waals surface area contributed by atoms with Crippen LogP contribution in [0.15, 0.2) is 22.6 Å². The standard InChI is InChI=1S/C10H15N3S2/c1-7(2)11-10(14)13-12-8(3)9-5-4-6-15-9/h4-7H,1-3H3,(H2,11,13,14). The second-order valence-electron chi connectivity index (χ2n) is 3.41. The number of hydrogen-bond donors (Lipinski definition) is 2. The van der Waals surface area contributed by atoms with Gasteiger partial charge in [0, 0.05) is 10.9 Å². The lowest BCUT2D eigenvalue weighted by molar-refractivity contribution is 0.719. The van der Waals surface area contributed by atoms with Crippen LogP contribution in [-0.2, 0) is 0 Å². The molecule has 1 aromatic rings. The minimum absolute atomic E-state index is 0.322. The van der Waals surface area contributed by atoms with E-state index in [1.54, 1.807) is 11.3 Å². The van der Waals surface area contributed by atoms with Crippen molar-refractivity contribution in [3.63, 3.8) is 0 Å². The van der Waals surface area contributed by atoms with Crippen molar-refractivity contribution < 1.29 is 0 Å². The van der Waals surface area contributed by atoms with E-state index < -0.39 is 0 Å². The predicted molar refractivity (Wildman–Crippen MR) is 70.5 cm³/mol. The van der Waals surface area contributed by atoms with Crippen LogP contribution in [0.5, 0.6) is 0 Å². The molecule has 0 aromatic carbocycles. The monoisotopic (exact) mass is 241 g/mol. The summed E-state index contributed by atoms with van der Waals surface area (Å²) in [5, 5.41) is 9.84. The SMILES string of the molecule is CC(=NNC(=S)NC(C)C)c1cccs1. The molecule has 5 heteroatoms. The van der Waals surface area contributed by atoms with E-state index in [1.165, 1.54) is 0 Å². The van der Waals surface area contributed by atoms with Gasteiger partial charge in [0.1, 0.15) is 0 Å². The molecule has 0 aliphatic rings. The fraction of sp³-hybridized carbons (Fsp3) is 0.400. The highest BCUT2D eigenvalue weighted by Gasteiger charge is 1.99. The first-order valence-electron chi connectivity index (χ1n) is 4.74. The first-order valence-corrected chi connectivity index (χ1v) is 6.03. The van der Waals surface area contributed by atoms with Crippen LogP contribution >= 0.6 is 23.6 Å². The number of thiophene rings is 1.